The quantitative estimate of drug-likeness (QED) is 0.509. The van der Waals surface area contributed by atoms with E-state index in [2.05, 4.69) is 10.4 Å². The molecule has 6 rings (SSSR count). The molecule has 0 spiro atoms. The maximum atomic E-state index is 14.1. The summed E-state index contributed by atoms with van der Waals surface area (Å²) in [5.41, 5.74) is 1.44. The predicted molar refractivity (Wildman–Crippen MR) is 142 cm³/mol. The minimum atomic E-state index is -1.87. The van der Waals surface area contributed by atoms with Crippen molar-refractivity contribution in [1.29, 1.82) is 0 Å². The van der Waals surface area contributed by atoms with E-state index < -0.39 is 23.5 Å². The maximum absolute atomic E-state index is 14.1. The second-order valence-corrected chi connectivity index (χ2v) is 11.1. The first-order chi connectivity index (χ1) is 18.6. The van der Waals surface area contributed by atoms with Crippen LogP contribution in [0.15, 0.2) is 42.7 Å². The fourth-order valence-corrected chi connectivity index (χ4v) is 6.06. The Kier molecular flexibility index (Phi) is 6.00. The van der Waals surface area contributed by atoms with Gasteiger partial charge < -0.3 is 4.90 Å². The second kappa shape index (κ2) is 9.29. The standard InChI is InChI=1S/C29H30FN5O4/c1-29(2,30)28(39)33-12-10-19(11-13-33)34-16-17(15-31-34)14-18-6-7-22-25-20(18)4-3-5-21(25)27(38)35(22)23-8-9-24(36)32-26(23)37/h3-7,15-16,19,23H,8-14H2,1-2H3,(H,32,36,37). The second-order valence-electron chi connectivity index (χ2n) is 11.1. The molecule has 10 heteroatoms. The first-order valence-corrected chi connectivity index (χ1v) is 13.3. The van der Waals surface area contributed by atoms with Crippen LogP contribution in [0.1, 0.15) is 67.1 Å². The van der Waals surface area contributed by atoms with Crippen LogP contribution < -0.4 is 10.2 Å². The lowest BCUT2D eigenvalue weighted by molar-refractivity contribution is -0.143. The molecule has 9 nitrogen and oxygen atoms in total. The molecule has 0 saturated carbocycles. The Labute approximate surface area is 224 Å². The average Bonchev–Trinajstić information content (AvgIpc) is 3.48. The largest absolute Gasteiger partial charge is 0.340 e. The molecular formula is C29H30FN5O4. The van der Waals surface area contributed by atoms with Gasteiger partial charge in [-0.05, 0) is 61.8 Å². The highest BCUT2D eigenvalue weighted by Crippen LogP contribution is 2.41. The van der Waals surface area contributed by atoms with Crippen molar-refractivity contribution < 1.29 is 23.6 Å². The third kappa shape index (κ3) is 4.37. The van der Waals surface area contributed by atoms with Crippen molar-refractivity contribution in [2.24, 2.45) is 0 Å². The van der Waals surface area contributed by atoms with Crippen LogP contribution in [0.25, 0.3) is 10.8 Å². The number of halogens is 1. The summed E-state index contributed by atoms with van der Waals surface area (Å²) in [4.78, 5) is 53.0. The molecule has 0 bridgehead atoms. The van der Waals surface area contributed by atoms with Gasteiger partial charge in [0.15, 0.2) is 5.67 Å². The molecule has 1 atom stereocenters. The van der Waals surface area contributed by atoms with Gasteiger partial charge in [0.25, 0.3) is 11.8 Å². The molecule has 39 heavy (non-hydrogen) atoms. The molecule has 0 aliphatic carbocycles. The zero-order chi connectivity index (χ0) is 27.5. The van der Waals surface area contributed by atoms with Gasteiger partial charge in [-0.15, -0.1) is 0 Å². The van der Waals surface area contributed by atoms with Gasteiger partial charge in [-0.2, -0.15) is 5.10 Å². The Balaban J connectivity index is 1.22. The average molecular weight is 532 g/mol. The number of anilines is 1. The van der Waals surface area contributed by atoms with Crippen molar-refractivity contribution in [3.05, 3.63) is 59.4 Å². The molecule has 1 N–H and O–H groups in total. The highest BCUT2D eigenvalue weighted by atomic mass is 19.1. The van der Waals surface area contributed by atoms with Gasteiger partial charge in [0, 0.05) is 43.1 Å². The molecule has 2 fully saturated rings. The monoisotopic (exact) mass is 531 g/mol. The summed E-state index contributed by atoms with van der Waals surface area (Å²) in [6.45, 7) is 3.59. The van der Waals surface area contributed by atoms with Crippen LogP contribution in [0.2, 0.25) is 0 Å². The molecule has 2 saturated heterocycles. The van der Waals surface area contributed by atoms with Crippen molar-refractivity contribution in [2.45, 2.75) is 63.7 Å². The summed E-state index contributed by atoms with van der Waals surface area (Å²) in [6, 6.07) is 8.92. The Hall–Kier alpha value is -4.08. The number of amides is 4. The maximum Gasteiger partial charge on any atom is 0.259 e. The topological polar surface area (TPSA) is 105 Å². The van der Waals surface area contributed by atoms with Crippen molar-refractivity contribution in [3.63, 3.8) is 0 Å². The summed E-state index contributed by atoms with van der Waals surface area (Å²) >= 11 is 0. The minimum absolute atomic E-state index is 0.137. The Morgan fingerprint density at radius 3 is 2.59 bits per heavy atom. The first-order valence-electron chi connectivity index (χ1n) is 13.3. The number of nitrogens with one attached hydrogen (secondary N) is 1. The number of likely N-dealkylation sites (tertiary alicyclic amines) is 1. The summed E-state index contributed by atoms with van der Waals surface area (Å²) in [6.07, 6.45) is 6.39. The van der Waals surface area contributed by atoms with Crippen molar-refractivity contribution in [1.82, 2.24) is 20.0 Å². The number of nitrogens with zero attached hydrogens (tertiary/aromatic N) is 4. The number of piperidine rings is 2. The van der Waals surface area contributed by atoms with Gasteiger partial charge in [0.1, 0.15) is 6.04 Å². The zero-order valence-corrected chi connectivity index (χ0v) is 21.9. The van der Waals surface area contributed by atoms with Crippen molar-refractivity contribution >= 4 is 40.1 Å². The molecular weight excluding hydrogens is 501 g/mol. The van der Waals surface area contributed by atoms with Crippen LogP contribution in [0, 0.1) is 0 Å². The normalized spacial score (nSPS) is 20.2. The summed E-state index contributed by atoms with van der Waals surface area (Å²) in [7, 11) is 0. The fraction of sp³-hybridized carbons (Fsp3) is 0.414. The van der Waals surface area contributed by atoms with E-state index in [-0.39, 0.29) is 24.3 Å². The zero-order valence-electron chi connectivity index (χ0n) is 21.9. The molecule has 3 aromatic rings. The number of rotatable bonds is 5. The van der Waals surface area contributed by atoms with Crippen LogP contribution in [0.3, 0.4) is 0 Å². The van der Waals surface area contributed by atoms with Crippen LogP contribution in [-0.2, 0) is 20.8 Å². The van der Waals surface area contributed by atoms with Gasteiger partial charge in [-0.3, -0.25) is 34.1 Å². The molecule has 4 heterocycles. The molecule has 3 aliphatic heterocycles. The third-order valence-corrected chi connectivity index (χ3v) is 8.02. The number of carbonyl (C=O) groups is 4. The van der Waals surface area contributed by atoms with Crippen LogP contribution in [-0.4, -0.2) is 63.1 Å². The number of hydrogen-bond donors (Lipinski definition) is 1. The number of imide groups is 1. The number of aromatic nitrogens is 2. The summed E-state index contributed by atoms with van der Waals surface area (Å²) in [5, 5.41) is 8.71. The molecule has 1 aromatic heterocycles. The molecule has 202 valence electrons. The van der Waals surface area contributed by atoms with E-state index in [1.54, 1.807) is 11.0 Å². The summed E-state index contributed by atoms with van der Waals surface area (Å²) in [5.74, 6) is -1.45. The lowest BCUT2D eigenvalue weighted by Gasteiger charge is -2.34. The lowest BCUT2D eigenvalue weighted by Crippen LogP contribution is -2.53. The van der Waals surface area contributed by atoms with E-state index in [0.29, 0.717) is 50.0 Å². The van der Waals surface area contributed by atoms with Crippen molar-refractivity contribution in [3.8, 4) is 0 Å². The van der Waals surface area contributed by atoms with E-state index >= 15 is 0 Å². The highest BCUT2D eigenvalue weighted by molar-refractivity contribution is 6.27. The predicted octanol–water partition coefficient (Wildman–Crippen LogP) is 3.30. The van der Waals surface area contributed by atoms with Gasteiger partial charge in [0.05, 0.1) is 17.9 Å². The van der Waals surface area contributed by atoms with Crippen LogP contribution in [0.4, 0.5) is 10.1 Å². The fourth-order valence-electron chi connectivity index (χ4n) is 6.06. The highest BCUT2D eigenvalue weighted by Gasteiger charge is 2.41. The van der Waals surface area contributed by atoms with Gasteiger partial charge >= 0.3 is 0 Å². The van der Waals surface area contributed by atoms with Crippen LogP contribution >= 0.6 is 0 Å². The van der Waals surface area contributed by atoms with Gasteiger partial charge in [0.2, 0.25) is 11.8 Å². The first kappa shape index (κ1) is 25.2. The Bertz CT molecular complexity index is 1520. The Morgan fingerprint density at radius 2 is 1.87 bits per heavy atom. The number of carbonyl (C=O) groups excluding carboxylic acids is 4. The number of hydrogen-bond acceptors (Lipinski definition) is 5. The number of alkyl halides is 1. The lowest BCUT2D eigenvalue weighted by atomic mass is 9.97. The molecule has 4 amide bonds. The number of benzene rings is 2. The minimum Gasteiger partial charge on any atom is -0.340 e. The molecule has 3 aliphatic rings. The molecule has 2 aromatic carbocycles. The van der Waals surface area contributed by atoms with Gasteiger partial charge in [-0.25, -0.2) is 4.39 Å². The molecule has 0 radical (unpaired) electrons. The van der Waals surface area contributed by atoms with E-state index in [0.717, 1.165) is 21.9 Å². The Morgan fingerprint density at radius 1 is 1.10 bits per heavy atom. The van der Waals surface area contributed by atoms with E-state index in [1.165, 1.54) is 18.7 Å². The molecule has 1 unspecified atom stereocenters. The van der Waals surface area contributed by atoms with E-state index in [1.807, 2.05) is 41.3 Å². The van der Waals surface area contributed by atoms with Crippen molar-refractivity contribution in [2.75, 3.05) is 18.0 Å². The smallest absolute Gasteiger partial charge is 0.259 e. The SMILES string of the molecule is CC(C)(F)C(=O)N1CCC(n2cc(Cc3ccc4c5c(cccc35)C(=O)N4C3CCC(=O)NC3=O)cn2)CC1. The van der Waals surface area contributed by atoms with Crippen LogP contribution in [0.5, 0.6) is 0 Å². The van der Waals surface area contributed by atoms with E-state index in [4.69, 9.17) is 0 Å². The van der Waals surface area contributed by atoms with Gasteiger partial charge in [-0.1, -0.05) is 18.2 Å². The van der Waals surface area contributed by atoms with E-state index in [9.17, 15) is 23.6 Å². The summed E-state index contributed by atoms with van der Waals surface area (Å²) < 4.78 is 16.0. The third-order valence-electron chi connectivity index (χ3n) is 8.02.